The molecule has 0 saturated heterocycles. The van der Waals surface area contributed by atoms with Crippen molar-refractivity contribution >= 4 is 23.3 Å². The highest BCUT2D eigenvalue weighted by atomic mass is 35.5. The summed E-state index contributed by atoms with van der Waals surface area (Å²) in [5.41, 5.74) is 2.64. The molecule has 0 aliphatic carbocycles. The van der Waals surface area contributed by atoms with Crippen LogP contribution in [0.2, 0.25) is 5.02 Å². The second-order valence-electron chi connectivity index (χ2n) is 6.71. The van der Waals surface area contributed by atoms with Crippen molar-refractivity contribution in [1.29, 1.82) is 0 Å². The molecular weight excluding hydrogens is 414 g/mol. The molecule has 4 aromatic rings. The molecule has 1 atom stereocenters. The Bertz CT molecular complexity index is 1180. The van der Waals surface area contributed by atoms with Crippen LogP contribution < -0.4 is 5.32 Å². The van der Waals surface area contributed by atoms with Crippen molar-refractivity contribution in [3.05, 3.63) is 101 Å². The molecule has 0 aliphatic heterocycles. The number of aromatic nitrogens is 2. The van der Waals surface area contributed by atoms with Gasteiger partial charge in [0.2, 0.25) is 11.8 Å². The van der Waals surface area contributed by atoms with Gasteiger partial charge >= 0.3 is 5.97 Å². The zero-order valence-electron chi connectivity index (χ0n) is 16.8. The van der Waals surface area contributed by atoms with Gasteiger partial charge in [-0.3, -0.25) is 0 Å². The molecule has 0 fully saturated rings. The molecule has 0 amide bonds. The molecule has 31 heavy (non-hydrogen) atoms. The quantitative estimate of drug-likeness (QED) is 0.373. The van der Waals surface area contributed by atoms with E-state index >= 15 is 0 Å². The van der Waals surface area contributed by atoms with Crippen LogP contribution in [0.5, 0.6) is 0 Å². The van der Waals surface area contributed by atoms with E-state index in [-0.39, 0.29) is 6.61 Å². The predicted molar refractivity (Wildman–Crippen MR) is 119 cm³/mol. The first-order valence-electron chi connectivity index (χ1n) is 9.82. The minimum absolute atomic E-state index is 0.287. The zero-order valence-corrected chi connectivity index (χ0v) is 17.5. The lowest BCUT2D eigenvalue weighted by Crippen LogP contribution is -2.16. The normalized spacial score (nSPS) is 11.7. The first-order chi connectivity index (χ1) is 15.2. The molecule has 1 N–H and O–H groups in total. The molecule has 0 radical (unpaired) electrons. The molecule has 7 heteroatoms. The molecule has 0 unspecified atom stereocenters. The van der Waals surface area contributed by atoms with E-state index in [4.69, 9.17) is 20.8 Å². The number of halogens is 1. The van der Waals surface area contributed by atoms with Gasteiger partial charge in [0.15, 0.2) is 0 Å². The largest absolute Gasteiger partial charge is 0.462 e. The van der Waals surface area contributed by atoms with E-state index in [0.29, 0.717) is 28.1 Å². The fourth-order valence-electron chi connectivity index (χ4n) is 3.17. The molecule has 0 bridgehead atoms. The summed E-state index contributed by atoms with van der Waals surface area (Å²) < 4.78 is 11.2. The van der Waals surface area contributed by atoms with Crippen LogP contribution in [0.1, 0.15) is 34.8 Å². The van der Waals surface area contributed by atoms with Crippen molar-refractivity contribution in [1.82, 2.24) is 10.2 Å². The highest BCUT2D eigenvalue weighted by molar-refractivity contribution is 6.30. The van der Waals surface area contributed by atoms with Gasteiger partial charge in [-0.05, 0) is 48.9 Å². The molecule has 6 nitrogen and oxygen atoms in total. The minimum atomic E-state index is -0.528. The maximum Gasteiger partial charge on any atom is 0.340 e. The number of anilines is 1. The first-order valence-corrected chi connectivity index (χ1v) is 10.2. The van der Waals surface area contributed by atoms with Crippen molar-refractivity contribution in [3.8, 4) is 11.5 Å². The Labute approximate surface area is 184 Å². The highest BCUT2D eigenvalue weighted by Crippen LogP contribution is 2.31. The molecule has 3 aromatic carbocycles. The molecule has 4 rings (SSSR count). The van der Waals surface area contributed by atoms with Crippen LogP contribution in [-0.2, 0) is 4.74 Å². The lowest BCUT2D eigenvalue weighted by atomic mass is 10.1. The molecular formula is C24H20ClN3O3. The van der Waals surface area contributed by atoms with E-state index in [1.54, 1.807) is 31.2 Å². The van der Waals surface area contributed by atoms with Crippen LogP contribution >= 0.6 is 11.6 Å². The fourth-order valence-corrected chi connectivity index (χ4v) is 3.37. The summed E-state index contributed by atoms with van der Waals surface area (Å²) >= 11 is 6.23. The number of nitrogens with one attached hydrogen (secondary N) is 1. The van der Waals surface area contributed by atoms with Crippen LogP contribution in [0.25, 0.3) is 11.5 Å². The average Bonchev–Trinajstić information content (AvgIpc) is 3.28. The Morgan fingerprint density at radius 1 is 1.03 bits per heavy atom. The second kappa shape index (κ2) is 9.45. The third-order valence-electron chi connectivity index (χ3n) is 4.61. The molecule has 1 aromatic heterocycles. The molecule has 156 valence electrons. The van der Waals surface area contributed by atoms with E-state index in [0.717, 1.165) is 11.1 Å². The monoisotopic (exact) mass is 433 g/mol. The number of hydrogen-bond acceptors (Lipinski definition) is 6. The van der Waals surface area contributed by atoms with Gasteiger partial charge in [-0.1, -0.05) is 54.1 Å². The van der Waals surface area contributed by atoms with E-state index in [1.807, 2.05) is 54.6 Å². The Hall–Kier alpha value is -3.64. The van der Waals surface area contributed by atoms with Crippen LogP contribution in [0.4, 0.5) is 5.69 Å². The number of carbonyl (C=O) groups excluding carboxylic acids is 1. The fraction of sp³-hybridized carbons (Fsp3) is 0.125. The van der Waals surface area contributed by atoms with Gasteiger partial charge in [0, 0.05) is 16.3 Å². The molecule has 0 saturated carbocycles. The van der Waals surface area contributed by atoms with Gasteiger partial charge in [-0.25, -0.2) is 4.79 Å². The van der Waals surface area contributed by atoms with E-state index in [9.17, 15) is 4.79 Å². The lowest BCUT2D eigenvalue weighted by Gasteiger charge is -2.19. The Kier molecular flexibility index (Phi) is 6.29. The van der Waals surface area contributed by atoms with E-state index in [2.05, 4.69) is 15.5 Å². The summed E-state index contributed by atoms with van der Waals surface area (Å²) in [5.74, 6) is 0.342. The van der Waals surface area contributed by atoms with Crippen LogP contribution in [0, 0.1) is 0 Å². The van der Waals surface area contributed by atoms with Crippen LogP contribution in [0.15, 0.2) is 83.3 Å². The van der Waals surface area contributed by atoms with Crippen LogP contribution in [-0.4, -0.2) is 22.8 Å². The summed E-state index contributed by atoms with van der Waals surface area (Å²) in [6, 6.07) is 23.5. The summed E-state index contributed by atoms with van der Waals surface area (Å²) in [6.07, 6.45) is 0. The molecule has 0 aliphatic rings. The second-order valence-corrected chi connectivity index (χ2v) is 7.15. The highest BCUT2D eigenvalue weighted by Gasteiger charge is 2.24. The maximum atomic E-state index is 12.4. The van der Waals surface area contributed by atoms with Crippen molar-refractivity contribution in [2.45, 2.75) is 13.0 Å². The summed E-state index contributed by atoms with van der Waals surface area (Å²) in [5, 5.41) is 12.4. The number of carbonyl (C=O) groups is 1. The average molecular weight is 434 g/mol. The molecule has 1 heterocycles. The number of para-hydroxylation sites is 1. The van der Waals surface area contributed by atoms with Crippen molar-refractivity contribution < 1.29 is 13.9 Å². The third kappa shape index (κ3) is 4.75. The number of hydrogen-bond donors (Lipinski definition) is 1. The topological polar surface area (TPSA) is 77.2 Å². The number of nitrogens with zero attached hydrogens (tertiary/aromatic N) is 2. The number of benzene rings is 3. The third-order valence-corrected chi connectivity index (χ3v) is 4.85. The van der Waals surface area contributed by atoms with Crippen LogP contribution in [0.3, 0.4) is 0 Å². The smallest absolute Gasteiger partial charge is 0.340 e. The van der Waals surface area contributed by atoms with Gasteiger partial charge in [-0.2, -0.15) is 0 Å². The van der Waals surface area contributed by atoms with Gasteiger partial charge in [0.1, 0.15) is 6.04 Å². The SMILES string of the molecule is CCOC(=O)c1ccccc1N[C@@H](c1cccc(Cl)c1)c1nnc(-c2ccccc2)o1. The first kappa shape index (κ1) is 20.6. The van der Waals surface area contributed by atoms with Crippen molar-refractivity contribution in [2.24, 2.45) is 0 Å². The predicted octanol–water partition coefficient (Wildman–Crippen LogP) is 5.77. The van der Waals surface area contributed by atoms with Gasteiger partial charge in [-0.15, -0.1) is 10.2 Å². The minimum Gasteiger partial charge on any atom is -0.462 e. The standard InChI is InChI=1S/C24H20ClN3O3/c1-2-30-24(29)19-13-6-7-14-20(19)26-21(17-11-8-12-18(25)15-17)23-28-27-22(31-23)16-9-4-3-5-10-16/h3-15,21,26H,2H2,1H3/t21-/m0/s1. The Morgan fingerprint density at radius 2 is 1.81 bits per heavy atom. The molecule has 0 spiro atoms. The Balaban J connectivity index is 1.74. The number of ether oxygens (including phenoxy) is 1. The zero-order chi connectivity index (χ0) is 21.6. The van der Waals surface area contributed by atoms with Crippen molar-refractivity contribution in [2.75, 3.05) is 11.9 Å². The summed E-state index contributed by atoms with van der Waals surface area (Å²) in [6.45, 7) is 2.06. The summed E-state index contributed by atoms with van der Waals surface area (Å²) in [7, 11) is 0. The van der Waals surface area contributed by atoms with Gasteiger partial charge < -0.3 is 14.5 Å². The van der Waals surface area contributed by atoms with Crippen molar-refractivity contribution in [3.63, 3.8) is 0 Å². The van der Waals surface area contributed by atoms with Gasteiger partial charge in [0.05, 0.1) is 12.2 Å². The number of rotatable bonds is 7. The lowest BCUT2D eigenvalue weighted by molar-refractivity contribution is 0.0527. The van der Waals surface area contributed by atoms with E-state index in [1.165, 1.54) is 0 Å². The van der Waals surface area contributed by atoms with E-state index < -0.39 is 12.0 Å². The summed E-state index contributed by atoms with van der Waals surface area (Å²) in [4.78, 5) is 12.4. The number of esters is 1. The Morgan fingerprint density at radius 3 is 2.58 bits per heavy atom. The van der Waals surface area contributed by atoms with Gasteiger partial charge in [0.25, 0.3) is 0 Å². The maximum absolute atomic E-state index is 12.4.